The van der Waals surface area contributed by atoms with Crippen molar-refractivity contribution >= 4 is 0 Å². The zero-order chi connectivity index (χ0) is 14.3. The second kappa shape index (κ2) is 7.50. The molecule has 1 aromatic carbocycles. The van der Waals surface area contributed by atoms with E-state index in [9.17, 15) is 13.2 Å². The molecule has 19 heavy (non-hydrogen) atoms. The summed E-state index contributed by atoms with van der Waals surface area (Å²) in [6.45, 7) is 2.75. The minimum atomic E-state index is -4.25. The van der Waals surface area contributed by atoms with Crippen LogP contribution in [0.4, 0.5) is 13.2 Å². The van der Waals surface area contributed by atoms with Gasteiger partial charge < -0.3 is 10.2 Å². The van der Waals surface area contributed by atoms with Gasteiger partial charge in [0.1, 0.15) is 0 Å². The average molecular weight is 274 g/mol. The number of halogens is 3. The van der Waals surface area contributed by atoms with Crippen molar-refractivity contribution in [3.8, 4) is 0 Å². The van der Waals surface area contributed by atoms with Gasteiger partial charge in [0.05, 0.1) is 5.56 Å². The van der Waals surface area contributed by atoms with Gasteiger partial charge in [-0.3, -0.25) is 0 Å². The van der Waals surface area contributed by atoms with Crippen LogP contribution in [0.25, 0.3) is 0 Å². The summed E-state index contributed by atoms with van der Waals surface area (Å²) in [5.74, 6) is 0. The van der Waals surface area contributed by atoms with Gasteiger partial charge in [-0.2, -0.15) is 13.2 Å². The van der Waals surface area contributed by atoms with Crippen molar-refractivity contribution < 1.29 is 13.2 Å². The first-order valence-corrected chi connectivity index (χ1v) is 6.41. The van der Waals surface area contributed by atoms with E-state index >= 15 is 0 Å². The number of rotatable bonds is 7. The molecule has 0 aromatic heterocycles. The summed E-state index contributed by atoms with van der Waals surface area (Å²) >= 11 is 0. The molecule has 0 radical (unpaired) electrons. The third-order valence-corrected chi connectivity index (χ3v) is 2.83. The first-order chi connectivity index (χ1) is 8.89. The minimum absolute atomic E-state index is 0.588. The Morgan fingerprint density at radius 2 is 1.68 bits per heavy atom. The third-order valence-electron chi connectivity index (χ3n) is 2.83. The molecule has 108 valence electrons. The molecule has 5 heteroatoms. The van der Waals surface area contributed by atoms with Crippen molar-refractivity contribution in [3.05, 3.63) is 35.4 Å². The Morgan fingerprint density at radius 1 is 1.05 bits per heavy atom. The van der Waals surface area contributed by atoms with Gasteiger partial charge in [-0.25, -0.2) is 0 Å². The van der Waals surface area contributed by atoms with E-state index in [4.69, 9.17) is 0 Å². The van der Waals surface area contributed by atoms with Gasteiger partial charge in [0.2, 0.25) is 0 Å². The number of nitrogens with zero attached hydrogens (tertiary/aromatic N) is 1. The molecule has 0 unspecified atom stereocenters. The maximum Gasteiger partial charge on any atom is 0.416 e. The highest BCUT2D eigenvalue weighted by molar-refractivity contribution is 5.24. The number of nitrogens with one attached hydrogen (secondary N) is 1. The molecule has 2 nitrogen and oxygen atoms in total. The van der Waals surface area contributed by atoms with Gasteiger partial charge in [-0.05, 0) is 64.3 Å². The monoisotopic (exact) mass is 274 g/mol. The van der Waals surface area contributed by atoms with Crippen LogP contribution >= 0.6 is 0 Å². The van der Waals surface area contributed by atoms with Crippen LogP contribution in [-0.2, 0) is 12.6 Å². The lowest BCUT2D eigenvalue weighted by Crippen LogP contribution is -2.23. The molecule has 0 heterocycles. The summed E-state index contributed by atoms with van der Waals surface area (Å²) in [6.07, 6.45) is -2.43. The lowest BCUT2D eigenvalue weighted by molar-refractivity contribution is -0.137. The standard InChI is InChI=1S/C14H21F3N2/c1-19(2)11-3-9-18-10-8-12-4-6-13(7-5-12)14(15,16)17/h4-7,18H,3,8-11H2,1-2H3. The maximum atomic E-state index is 12.4. The quantitative estimate of drug-likeness (QED) is 0.769. The molecule has 0 saturated carbocycles. The van der Waals surface area contributed by atoms with Crippen LogP contribution in [0, 0.1) is 0 Å². The first-order valence-electron chi connectivity index (χ1n) is 6.41. The van der Waals surface area contributed by atoms with Gasteiger partial charge in [-0.15, -0.1) is 0 Å². The number of hydrogen-bond donors (Lipinski definition) is 1. The molecule has 0 spiro atoms. The predicted octanol–water partition coefficient (Wildman–Crippen LogP) is 2.79. The molecule has 0 saturated heterocycles. The zero-order valence-corrected chi connectivity index (χ0v) is 11.4. The molecule has 0 amide bonds. The Kier molecular flexibility index (Phi) is 6.31. The molecule has 0 aliphatic heterocycles. The lowest BCUT2D eigenvalue weighted by atomic mass is 10.1. The van der Waals surface area contributed by atoms with E-state index in [1.807, 2.05) is 14.1 Å². The van der Waals surface area contributed by atoms with E-state index in [0.29, 0.717) is 0 Å². The van der Waals surface area contributed by atoms with Gasteiger partial charge in [0.25, 0.3) is 0 Å². The van der Waals surface area contributed by atoms with Crippen LogP contribution in [0.15, 0.2) is 24.3 Å². The van der Waals surface area contributed by atoms with E-state index in [2.05, 4.69) is 10.2 Å². The normalized spacial score (nSPS) is 12.1. The summed E-state index contributed by atoms with van der Waals surface area (Å²) in [5, 5.41) is 3.29. The molecule has 0 bridgehead atoms. The molecule has 0 atom stereocenters. The van der Waals surface area contributed by atoms with E-state index in [0.717, 1.165) is 50.2 Å². The summed E-state index contributed by atoms with van der Waals surface area (Å²) in [4.78, 5) is 2.12. The Morgan fingerprint density at radius 3 is 2.21 bits per heavy atom. The zero-order valence-electron chi connectivity index (χ0n) is 11.4. The molecule has 0 aliphatic carbocycles. The number of benzene rings is 1. The van der Waals surface area contributed by atoms with E-state index in [-0.39, 0.29) is 0 Å². The van der Waals surface area contributed by atoms with Gasteiger partial charge in [-0.1, -0.05) is 12.1 Å². The topological polar surface area (TPSA) is 15.3 Å². The minimum Gasteiger partial charge on any atom is -0.316 e. The van der Waals surface area contributed by atoms with Crippen molar-refractivity contribution in [2.75, 3.05) is 33.7 Å². The summed E-state index contributed by atoms with van der Waals surface area (Å²) in [5.41, 5.74) is 0.336. The Bertz CT molecular complexity index is 358. The third kappa shape index (κ3) is 6.59. The van der Waals surface area contributed by atoms with Crippen LogP contribution in [0.1, 0.15) is 17.5 Å². The van der Waals surface area contributed by atoms with Gasteiger partial charge in [0, 0.05) is 0 Å². The summed E-state index contributed by atoms with van der Waals surface area (Å²) in [7, 11) is 4.06. The average Bonchev–Trinajstić information content (AvgIpc) is 2.32. The summed E-state index contributed by atoms with van der Waals surface area (Å²) < 4.78 is 37.1. The SMILES string of the molecule is CN(C)CCCNCCc1ccc(C(F)(F)F)cc1. The highest BCUT2D eigenvalue weighted by Crippen LogP contribution is 2.29. The Labute approximate surface area is 112 Å². The van der Waals surface area contributed by atoms with Gasteiger partial charge in [0.15, 0.2) is 0 Å². The molecule has 0 aliphatic rings. The van der Waals surface area contributed by atoms with Crippen LogP contribution in [-0.4, -0.2) is 38.6 Å². The predicted molar refractivity (Wildman–Crippen MR) is 71.2 cm³/mol. The fraction of sp³-hybridized carbons (Fsp3) is 0.571. The van der Waals surface area contributed by atoms with E-state index in [1.54, 1.807) is 12.1 Å². The first kappa shape index (κ1) is 16.0. The van der Waals surface area contributed by atoms with Crippen LogP contribution in [0.5, 0.6) is 0 Å². The second-order valence-corrected chi connectivity index (χ2v) is 4.85. The lowest BCUT2D eigenvalue weighted by Gasteiger charge is -2.10. The van der Waals surface area contributed by atoms with Crippen molar-refractivity contribution in [2.24, 2.45) is 0 Å². The molecule has 1 rings (SSSR count). The highest BCUT2D eigenvalue weighted by Gasteiger charge is 2.29. The number of hydrogen-bond acceptors (Lipinski definition) is 2. The largest absolute Gasteiger partial charge is 0.416 e. The van der Waals surface area contributed by atoms with Crippen LogP contribution < -0.4 is 5.32 Å². The molecule has 1 aromatic rings. The van der Waals surface area contributed by atoms with Crippen molar-refractivity contribution in [1.82, 2.24) is 10.2 Å². The molecule has 0 fully saturated rings. The number of alkyl halides is 3. The van der Waals surface area contributed by atoms with Gasteiger partial charge >= 0.3 is 6.18 Å². The molecule has 1 N–H and O–H groups in total. The Balaban J connectivity index is 2.23. The second-order valence-electron chi connectivity index (χ2n) is 4.85. The molecular formula is C14H21F3N2. The smallest absolute Gasteiger partial charge is 0.316 e. The van der Waals surface area contributed by atoms with Crippen LogP contribution in [0.3, 0.4) is 0 Å². The summed E-state index contributed by atoms with van der Waals surface area (Å²) in [6, 6.07) is 5.37. The highest BCUT2D eigenvalue weighted by atomic mass is 19.4. The maximum absolute atomic E-state index is 12.4. The molecular weight excluding hydrogens is 253 g/mol. The van der Waals surface area contributed by atoms with E-state index in [1.165, 1.54) is 0 Å². The van der Waals surface area contributed by atoms with Crippen LogP contribution in [0.2, 0.25) is 0 Å². The Hall–Kier alpha value is -1.07. The van der Waals surface area contributed by atoms with E-state index < -0.39 is 11.7 Å². The fourth-order valence-electron chi connectivity index (χ4n) is 1.74. The van der Waals surface area contributed by atoms with Crippen molar-refractivity contribution in [1.29, 1.82) is 0 Å². The fourth-order valence-corrected chi connectivity index (χ4v) is 1.74. The van der Waals surface area contributed by atoms with Crippen molar-refractivity contribution in [2.45, 2.75) is 19.0 Å². The van der Waals surface area contributed by atoms with Crippen molar-refractivity contribution in [3.63, 3.8) is 0 Å².